The topological polar surface area (TPSA) is 127 Å². The highest BCUT2D eigenvalue weighted by atomic mass is 35.5. The Balaban J connectivity index is 1.52. The van der Waals surface area contributed by atoms with Gasteiger partial charge in [-0.1, -0.05) is 39.6 Å². The van der Waals surface area contributed by atoms with Crippen molar-refractivity contribution in [1.29, 1.82) is 0 Å². The summed E-state index contributed by atoms with van der Waals surface area (Å²) in [6, 6.07) is 5.01. The van der Waals surface area contributed by atoms with Gasteiger partial charge in [0.15, 0.2) is 23.2 Å². The third-order valence-corrected chi connectivity index (χ3v) is 6.81. The van der Waals surface area contributed by atoms with Crippen LogP contribution in [0, 0.1) is 17.5 Å². The SMILES string of the molecule is OC[C@H]1O[C@@H](c2oncc2-c2ccc(Cl)c(Cl)c2)[C@H](O)[C@@H](n2cc(-c3cc(F)c(F)c(F)c3)nn2)[C@H]1O. The molecule has 1 saturated heterocycles. The van der Waals surface area contributed by atoms with Gasteiger partial charge < -0.3 is 24.6 Å². The van der Waals surface area contributed by atoms with E-state index >= 15 is 0 Å². The smallest absolute Gasteiger partial charge is 0.194 e. The maximum absolute atomic E-state index is 13.7. The number of rotatable bonds is 5. The average Bonchev–Trinajstić information content (AvgIpc) is 3.55. The molecule has 0 bridgehead atoms. The largest absolute Gasteiger partial charge is 0.394 e. The summed E-state index contributed by atoms with van der Waals surface area (Å²) in [6.45, 7) is -0.632. The van der Waals surface area contributed by atoms with Crippen molar-refractivity contribution in [3.8, 4) is 22.4 Å². The fourth-order valence-electron chi connectivity index (χ4n) is 4.22. The van der Waals surface area contributed by atoms with Crippen LogP contribution in [0.1, 0.15) is 17.9 Å². The molecule has 1 aliphatic heterocycles. The minimum absolute atomic E-state index is 0.0584. The molecule has 37 heavy (non-hydrogen) atoms. The molecule has 0 spiro atoms. The first-order valence-electron chi connectivity index (χ1n) is 10.8. The Morgan fingerprint density at radius 3 is 2.38 bits per heavy atom. The van der Waals surface area contributed by atoms with Crippen molar-refractivity contribution in [2.45, 2.75) is 30.5 Å². The van der Waals surface area contributed by atoms with Crippen LogP contribution in [0.4, 0.5) is 13.2 Å². The Kier molecular flexibility index (Phi) is 6.96. The number of aliphatic hydroxyl groups is 3. The molecular formula is C23H17Cl2F3N4O5. The second kappa shape index (κ2) is 10.0. The average molecular weight is 557 g/mol. The van der Waals surface area contributed by atoms with E-state index in [2.05, 4.69) is 15.5 Å². The van der Waals surface area contributed by atoms with Gasteiger partial charge in [-0.05, 0) is 29.8 Å². The second-order valence-corrected chi connectivity index (χ2v) is 9.13. The molecule has 2 aromatic carbocycles. The molecule has 0 aliphatic carbocycles. The van der Waals surface area contributed by atoms with Gasteiger partial charge in [-0.2, -0.15) is 0 Å². The molecule has 2 aromatic heterocycles. The van der Waals surface area contributed by atoms with Crippen LogP contribution in [0.25, 0.3) is 22.4 Å². The molecular weight excluding hydrogens is 540 g/mol. The normalized spacial score (nSPS) is 23.9. The summed E-state index contributed by atoms with van der Waals surface area (Å²) in [5.74, 6) is -4.40. The van der Waals surface area contributed by atoms with Gasteiger partial charge in [-0.25, -0.2) is 17.9 Å². The van der Waals surface area contributed by atoms with Crippen molar-refractivity contribution in [2.24, 2.45) is 0 Å². The van der Waals surface area contributed by atoms with Crippen molar-refractivity contribution in [3.05, 3.63) is 76.0 Å². The molecule has 194 valence electrons. The number of benzene rings is 2. The maximum atomic E-state index is 13.7. The summed E-state index contributed by atoms with van der Waals surface area (Å²) in [7, 11) is 0. The summed E-state index contributed by atoms with van der Waals surface area (Å²) < 4.78 is 53.0. The maximum Gasteiger partial charge on any atom is 0.194 e. The van der Waals surface area contributed by atoms with Crippen molar-refractivity contribution < 1.29 is 37.8 Å². The van der Waals surface area contributed by atoms with Crippen LogP contribution in [-0.2, 0) is 4.74 Å². The van der Waals surface area contributed by atoms with Crippen LogP contribution in [-0.4, -0.2) is 60.4 Å². The van der Waals surface area contributed by atoms with Gasteiger partial charge in [0.1, 0.15) is 36.2 Å². The molecule has 1 fully saturated rings. The Bertz CT molecular complexity index is 1430. The Morgan fingerprint density at radius 2 is 1.70 bits per heavy atom. The van der Waals surface area contributed by atoms with Crippen LogP contribution >= 0.6 is 23.2 Å². The monoisotopic (exact) mass is 556 g/mol. The summed E-state index contributed by atoms with van der Waals surface area (Å²) in [6.07, 6.45) is -2.86. The second-order valence-electron chi connectivity index (χ2n) is 8.32. The van der Waals surface area contributed by atoms with E-state index in [1.54, 1.807) is 18.2 Å². The third kappa shape index (κ3) is 4.60. The zero-order valence-corrected chi connectivity index (χ0v) is 20.0. The van der Waals surface area contributed by atoms with Crippen LogP contribution in [0.2, 0.25) is 10.0 Å². The third-order valence-electron chi connectivity index (χ3n) is 6.07. The van der Waals surface area contributed by atoms with Gasteiger partial charge in [0.2, 0.25) is 0 Å². The quantitative estimate of drug-likeness (QED) is 0.317. The van der Waals surface area contributed by atoms with Crippen LogP contribution in [0.5, 0.6) is 0 Å². The lowest BCUT2D eigenvalue weighted by Crippen LogP contribution is -2.52. The van der Waals surface area contributed by atoms with Gasteiger partial charge in [0.05, 0.1) is 29.0 Å². The molecule has 0 unspecified atom stereocenters. The van der Waals surface area contributed by atoms with E-state index in [1.165, 1.54) is 12.4 Å². The lowest BCUT2D eigenvalue weighted by molar-refractivity contribution is -0.213. The predicted molar refractivity (Wildman–Crippen MR) is 123 cm³/mol. The number of hydrogen-bond donors (Lipinski definition) is 3. The van der Waals surface area contributed by atoms with E-state index in [4.69, 9.17) is 32.5 Å². The Hall–Kier alpha value is -3.00. The van der Waals surface area contributed by atoms with Gasteiger partial charge in [-0.15, -0.1) is 5.10 Å². The van der Waals surface area contributed by atoms with Crippen molar-refractivity contribution in [1.82, 2.24) is 20.2 Å². The highest BCUT2D eigenvalue weighted by molar-refractivity contribution is 6.42. The van der Waals surface area contributed by atoms with Gasteiger partial charge in [0, 0.05) is 11.1 Å². The molecule has 0 saturated carbocycles. The number of aliphatic hydroxyl groups excluding tert-OH is 3. The van der Waals surface area contributed by atoms with E-state index in [0.29, 0.717) is 16.1 Å². The Morgan fingerprint density at radius 1 is 0.973 bits per heavy atom. The first-order chi connectivity index (χ1) is 17.7. The fourth-order valence-corrected chi connectivity index (χ4v) is 4.52. The van der Waals surface area contributed by atoms with Crippen molar-refractivity contribution >= 4 is 23.2 Å². The zero-order valence-electron chi connectivity index (χ0n) is 18.5. The van der Waals surface area contributed by atoms with E-state index in [9.17, 15) is 28.5 Å². The first-order valence-corrected chi connectivity index (χ1v) is 11.5. The van der Waals surface area contributed by atoms with Crippen molar-refractivity contribution in [2.75, 3.05) is 6.61 Å². The molecule has 0 radical (unpaired) electrons. The summed E-state index contributed by atoms with van der Waals surface area (Å²) in [4.78, 5) is 0. The number of ether oxygens (including phenoxy) is 1. The Labute approximate surface area is 216 Å². The van der Waals surface area contributed by atoms with Crippen LogP contribution in [0.3, 0.4) is 0 Å². The highest BCUT2D eigenvalue weighted by Gasteiger charge is 2.48. The zero-order chi connectivity index (χ0) is 26.4. The summed E-state index contributed by atoms with van der Waals surface area (Å²) >= 11 is 12.1. The fraction of sp³-hybridized carbons (Fsp3) is 0.261. The predicted octanol–water partition coefficient (Wildman–Crippen LogP) is 3.72. The van der Waals surface area contributed by atoms with E-state index in [0.717, 1.165) is 16.8 Å². The molecule has 5 atom stereocenters. The first kappa shape index (κ1) is 25.6. The van der Waals surface area contributed by atoms with Gasteiger partial charge in [0.25, 0.3) is 0 Å². The molecule has 4 aromatic rings. The van der Waals surface area contributed by atoms with Gasteiger partial charge in [-0.3, -0.25) is 0 Å². The van der Waals surface area contributed by atoms with Crippen LogP contribution in [0.15, 0.2) is 47.2 Å². The minimum Gasteiger partial charge on any atom is -0.394 e. The summed E-state index contributed by atoms with van der Waals surface area (Å²) in [5, 5.41) is 44.0. The molecule has 5 rings (SSSR count). The molecule has 3 heterocycles. The molecule has 3 N–H and O–H groups in total. The molecule has 1 aliphatic rings. The number of nitrogens with zero attached hydrogens (tertiary/aromatic N) is 4. The molecule has 0 amide bonds. The van der Waals surface area contributed by atoms with Gasteiger partial charge >= 0.3 is 0 Å². The summed E-state index contributed by atoms with van der Waals surface area (Å²) in [5.41, 5.74) is 0.780. The van der Waals surface area contributed by atoms with E-state index in [1.807, 2.05) is 0 Å². The van der Waals surface area contributed by atoms with E-state index in [-0.39, 0.29) is 22.0 Å². The minimum atomic E-state index is -1.63. The number of aromatic nitrogens is 4. The van der Waals surface area contributed by atoms with Crippen molar-refractivity contribution in [3.63, 3.8) is 0 Å². The van der Waals surface area contributed by atoms with E-state index < -0.39 is 54.5 Å². The number of hydrogen-bond acceptors (Lipinski definition) is 8. The highest BCUT2D eigenvalue weighted by Crippen LogP contribution is 2.42. The van der Waals surface area contributed by atoms with Crippen LogP contribution < -0.4 is 0 Å². The lowest BCUT2D eigenvalue weighted by atomic mass is 9.89. The molecule has 14 heteroatoms. The lowest BCUT2D eigenvalue weighted by Gasteiger charge is -2.41. The standard InChI is InChI=1S/C23H17Cl2F3N4O5/c24-12-2-1-9(3-13(12)25)11-6-29-37-22(11)23-21(35)19(20(34)17(8-33)36-23)32-7-16(30-31-32)10-4-14(26)18(28)15(27)5-10/h1-7,17,19-21,23,33-35H,8H2/t17-,19+,20+,21-,23-/m1/s1. The number of halogens is 5. The molecule has 9 nitrogen and oxygen atoms in total.